The molecule has 0 radical (unpaired) electrons. The molecule has 0 aliphatic carbocycles. The number of anilines is 1. The topological polar surface area (TPSA) is 69.6 Å². The molecule has 2 fully saturated rings. The second-order valence-electron chi connectivity index (χ2n) is 8.36. The Morgan fingerprint density at radius 2 is 1.85 bits per heavy atom. The van der Waals surface area contributed by atoms with Crippen LogP contribution < -0.4 is 10.2 Å². The number of nitrogens with zero attached hydrogens (tertiary/aromatic N) is 4. The van der Waals surface area contributed by atoms with E-state index in [-0.39, 0.29) is 29.9 Å². The predicted octanol–water partition coefficient (Wildman–Crippen LogP) is 2.29. The molecule has 1 aromatic carbocycles. The Labute approximate surface area is 215 Å². The van der Waals surface area contributed by atoms with Gasteiger partial charge < -0.3 is 29.5 Å². The number of hydrogen-bond acceptors (Lipinski definition) is 5. The molecule has 1 atom stereocenters. The van der Waals surface area contributed by atoms with Gasteiger partial charge in [-0.05, 0) is 25.5 Å². The van der Waals surface area contributed by atoms with E-state index < -0.39 is 0 Å². The summed E-state index contributed by atoms with van der Waals surface area (Å²) in [5.41, 5.74) is 1.23. The minimum absolute atomic E-state index is 0. The summed E-state index contributed by atoms with van der Waals surface area (Å²) in [6, 6.07) is 10.4. The molecule has 0 saturated carbocycles. The molecule has 1 amide bonds. The van der Waals surface area contributed by atoms with Crippen LogP contribution in [0.5, 0.6) is 0 Å². The van der Waals surface area contributed by atoms with Gasteiger partial charge in [0.1, 0.15) is 0 Å². The zero-order valence-electron chi connectivity index (χ0n) is 20.1. The molecule has 186 valence electrons. The highest BCUT2D eigenvalue weighted by Gasteiger charge is 2.25. The van der Waals surface area contributed by atoms with Crippen LogP contribution in [0.1, 0.15) is 19.8 Å². The fourth-order valence-electron chi connectivity index (χ4n) is 4.25. The lowest BCUT2D eigenvalue weighted by molar-refractivity contribution is -0.131. The van der Waals surface area contributed by atoms with Crippen molar-refractivity contribution in [1.82, 2.24) is 15.1 Å². The third-order valence-electron chi connectivity index (χ3n) is 6.05. The molecule has 2 aliphatic heterocycles. The number of carbonyl (C=O) groups excluding carboxylic acids is 1. The van der Waals surface area contributed by atoms with Crippen molar-refractivity contribution >= 4 is 41.5 Å². The number of ether oxygens (including phenoxy) is 2. The van der Waals surface area contributed by atoms with Crippen LogP contribution in [0.4, 0.5) is 5.69 Å². The number of likely N-dealkylation sites (tertiary alicyclic amines) is 1. The van der Waals surface area contributed by atoms with Crippen LogP contribution in [-0.4, -0.2) is 101 Å². The van der Waals surface area contributed by atoms with E-state index in [2.05, 4.69) is 46.3 Å². The van der Waals surface area contributed by atoms with E-state index in [1.54, 1.807) is 7.11 Å². The van der Waals surface area contributed by atoms with Gasteiger partial charge in [0.15, 0.2) is 5.96 Å². The lowest BCUT2D eigenvalue weighted by Crippen LogP contribution is -2.49. The first-order chi connectivity index (χ1) is 15.7. The van der Waals surface area contributed by atoms with Gasteiger partial charge in [0.25, 0.3) is 0 Å². The molecule has 0 aromatic heterocycles. The lowest BCUT2D eigenvalue weighted by atomic mass is 10.1. The van der Waals surface area contributed by atoms with Crippen molar-refractivity contribution in [1.29, 1.82) is 0 Å². The zero-order valence-corrected chi connectivity index (χ0v) is 22.4. The summed E-state index contributed by atoms with van der Waals surface area (Å²) >= 11 is 0. The minimum atomic E-state index is 0. The third-order valence-corrected chi connectivity index (χ3v) is 6.05. The molecular formula is C24H40IN5O3. The molecular weight excluding hydrogens is 533 g/mol. The molecule has 1 aromatic rings. The van der Waals surface area contributed by atoms with E-state index in [9.17, 15) is 4.79 Å². The summed E-state index contributed by atoms with van der Waals surface area (Å²) in [6.07, 6.45) is 1.56. The average molecular weight is 574 g/mol. The molecule has 2 saturated heterocycles. The summed E-state index contributed by atoms with van der Waals surface area (Å²) in [4.78, 5) is 24.1. The number of amides is 1. The molecule has 8 nitrogen and oxygen atoms in total. The van der Waals surface area contributed by atoms with E-state index in [0.29, 0.717) is 32.1 Å². The Kier molecular flexibility index (Phi) is 12.9. The molecule has 2 aliphatic rings. The highest BCUT2D eigenvalue weighted by Crippen LogP contribution is 2.17. The van der Waals surface area contributed by atoms with Gasteiger partial charge in [0.05, 0.1) is 26.4 Å². The Morgan fingerprint density at radius 1 is 1.09 bits per heavy atom. The van der Waals surface area contributed by atoms with E-state index in [1.165, 1.54) is 5.69 Å². The van der Waals surface area contributed by atoms with Crippen molar-refractivity contribution in [2.45, 2.75) is 19.8 Å². The van der Waals surface area contributed by atoms with Crippen molar-refractivity contribution < 1.29 is 14.3 Å². The van der Waals surface area contributed by atoms with Crippen LogP contribution in [0.3, 0.4) is 0 Å². The van der Waals surface area contributed by atoms with E-state index in [4.69, 9.17) is 14.5 Å². The first-order valence-corrected chi connectivity index (χ1v) is 11.9. The molecule has 33 heavy (non-hydrogen) atoms. The number of para-hydroxylation sites is 1. The monoisotopic (exact) mass is 573 g/mol. The number of piperazine rings is 1. The number of guanidine groups is 1. The number of nitrogens with one attached hydrogen (secondary N) is 1. The fourth-order valence-corrected chi connectivity index (χ4v) is 4.25. The SMILES string of the molecule is CCNC(=NCCC(=O)N1CCN(c2ccccc2)CC1)N1CCC(COCCOC)C1.I. The molecule has 2 heterocycles. The van der Waals surface area contributed by atoms with Crippen LogP contribution in [0.25, 0.3) is 0 Å². The van der Waals surface area contributed by atoms with Gasteiger partial charge in [-0.2, -0.15) is 0 Å². The fraction of sp³-hybridized carbons (Fsp3) is 0.667. The van der Waals surface area contributed by atoms with Gasteiger partial charge in [0, 0.05) is 70.9 Å². The zero-order chi connectivity index (χ0) is 22.6. The van der Waals surface area contributed by atoms with E-state index in [0.717, 1.165) is 64.8 Å². The van der Waals surface area contributed by atoms with Gasteiger partial charge in [-0.1, -0.05) is 18.2 Å². The molecule has 1 N–H and O–H groups in total. The summed E-state index contributed by atoms with van der Waals surface area (Å²) in [6.45, 7) is 10.7. The van der Waals surface area contributed by atoms with Crippen LogP contribution in [0, 0.1) is 5.92 Å². The second kappa shape index (κ2) is 15.3. The molecule has 9 heteroatoms. The van der Waals surface area contributed by atoms with Crippen LogP contribution in [0.2, 0.25) is 0 Å². The van der Waals surface area contributed by atoms with Crippen LogP contribution in [0.15, 0.2) is 35.3 Å². The van der Waals surface area contributed by atoms with Crippen molar-refractivity contribution in [2.24, 2.45) is 10.9 Å². The summed E-state index contributed by atoms with van der Waals surface area (Å²) < 4.78 is 10.7. The average Bonchev–Trinajstić information content (AvgIpc) is 3.31. The highest BCUT2D eigenvalue weighted by atomic mass is 127. The lowest BCUT2D eigenvalue weighted by Gasteiger charge is -2.36. The Morgan fingerprint density at radius 3 is 2.55 bits per heavy atom. The quantitative estimate of drug-likeness (QED) is 0.201. The molecule has 0 bridgehead atoms. The molecule has 0 spiro atoms. The smallest absolute Gasteiger partial charge is 0.224 e. The van der Waals surface area contributed by atoms with Crippen molar-refractivity contribution in [3.05, 3.63) is 30.3 Å². The second-order valence-corrected chi connectivity index (χ2v) is 8.36. The van der Waals surface area contributed by atoms with Crippen LogP contribution in [-0.2, 0) is 14.3 Å². The minimum Gasteiger partial charge on any atom is -0.382 e. The van der Waals surface area contributed by atoms with Gasteiger partial charge >= 0.3 is 0 Å². The molecule has 1 unspecified atom stereocenters. The maximum Gasteiger partial charge on any atom is 0.224 e. The number of aliphatic imine (C=N–C) groups is 1. The number of benzene rings is 1. The first kappa shape index (κ1) is 27.7. The number of halogens is 1. The maximum absolute atomic E-state index is 12.7. The molecule has 3 rings (SSSR count). The van der Waals surface area contributed by atoms with Crippen molar-refractivity contribution in [3.63, 3.8) is 0 Å². The van der Waals surface area contributed by atoms with Gasteiger partial charge in [-0.25, -0.2) is 0 Å². The number of carbonyl (C=O) groups is 1. The maximum atomic E-state index is 12.7. The Hall–Kier alpha value is -1.59. The van der Waals surface area contributed by atoms with Crippen molar-refractivity contribution in [3.8, 4) is 0 Å². The largest absolute Gasteiger partial charge is 0.382 e. The van der Waals surface area contributed by atoms with Gasteiger partial charge in [0.2, 0.25) is 5.91 Å². The van der Waals surface area contributed by atoms with Gasteiger partial charge in [-0.3, -0.25) is 9.79 Å². The highest BCUT2D eigenvalue weighted by molar-refractivity contribution is 14.0. The summed E-state index contributed by atoms with van der Waals surface area (Å²) in [7, 11) is 1.69. The van der Waals surface area contributed by atoms with E-state index in [1.807, 2.05) is 11.0 Å². The first-order valence-electron chi connectivity index (χ1n) is 11.9. The normalized spacial score (nSPS) is 18.9. The standard InChI is InChI=1S/C24H39N5O3.HI/c1-3-25-24(29-12-10-21(19-29)20-32-18-17-31-2)26-11-9-23(30)28-15-13-27(14-16-28)22-7-5-4-6-8-22;/h4-8,21H,3,9-20H2,1-2H3,(H,25,26);1H. The van der Waals surface area contributed by atoms with Crippen LogP contribution >= 0.6 is 24.0 Å². The Bertz CT molecular complexity index is 713. The van der Waals surface area contributed by atoms with Crippen molar-refractivity contribution in [2.75, 3.05) is 84.2 Å². The predicted molar refractivity (Wildman–Crippen MR) is 144 cm³/mol. The number of methoxy groups -OCH3 is 1. The summed E-state index contributed by atoms with van der Waals surface area (Å²) in [5.74, 6) is 1.62. The Balaban J connectivity index is 0.00000385. The van der Waals surface area contributed by atoms with E-state index >= 15 is 0 Å². The third kappa shape index (κ3) is 8.94. The summed E-state index contributed by atoms with van der Waals surface area (Å²) in [5, 5.41) is 3.38. The number of rotatable bonds is 10. The number of hydrogen-bond donors (Lipinski definition) is 1. The van der Waals surface area contributed by atoms with Gasteiger partial charge in [-0.15, -0.1) is 24.0 Å².